The third-order valence-corrected chi connectivity index (χ3v) is 10.6. The molecule has 0 aliphatic carbocycles. The minimum Gasteiger partial charge on any atom is -0.544 e. The summed E-state index contributed by atoms with van der Waals surface area (Å²) in [7, 11) is 1.35. The number of aliphatic carboxylic acids is 3. The zero-order valence-electron chi connectivity index (χ0n) is 32.2. The number of methoxy groups -OCH3 is 1. The van der Waals surface area contributed by atoms with Crippen LogP contribution in [-0.2, 0) is 44.5 Å². The standard InChI is InChI=1S/C39H44N2O20/c1-56-26-10-17(2-4-24(26)43)3-5-29(45)57-15-39(55)16-58-38(33(39)48)61-32-31(47)30(46)28(14-42)60-37(32)59-27-12-19-11-23(36(53)54)41(22(19)13-25(27)44)7-6-18-8-20(34(49)50)40-21(9-18)35(51)52/h2-6,8,10,12-13,21,23,28,30-33,37-38,40,42-44,46-48,55H,7,9,11,14-16H2,1H3,(H,49,50)(H,51,52)(H,53,54)/t21-,23+,28-,30-,31+,32-,33+,37-,38+,39-/m1/s1. The van der Waals surface area contributed by atoms with Gasteiger partial charge in [-0.1, -0.05) is 6.07 Å². The second-order valence-corrected chi connectivity index (χ2v) is 14.7. The highest BCUT2D eigenvalue weighted by Gasteiger charge is 2.54. The number of hydrogen-bond donors (Lipinski definition) is 11. The number of carboxylic acids is 3. The lowest BCUT2D eigenvalue weighted by Gasteiger charge is -2.42. The van der Waals surface area contributed by atoms with Gasteiger partial charge in [0.15, 0.2) is 41.0 Å². The number of aliphatic hydroxyl groups is 5. The van der Waals surface area contributed by atoms with Crippen LogP contribution in [0.4, 0.5) is 5.69 Å². The molecule has 2 fully saturated rings. The highest BCUT2D eigenvalue weighted by molar-refractivity contribution is 5.89. The van der Waals surface area contributed by atoms with Crippen molar-refractivity contribution in [3.63, 3.8) is 0 Å². The molecule has 0 spiro atoms. The van der Waals surface area contributed by atoms with Crippen molar-refractivity contribution >= 4 is 35.6 Å². The smallest absolute Gasteiger partial charge is 0.351 e. The van der Waals surface area contributed by atoms with E-state index in [-0.39, 0.29) is 52.9 Å². The van der Waals surface area contributed by atoms with Crippen molar-refractivity contribution in [3.05, 3.63) is 71.0 Å². The lowest BCUT2D eigenvalue weighted by Crippen LogP contribution is -3.11. The average Bonchev–Trinajstić information content (AvgIpc) is 3.73. The highest BCUT2D eigenvalue weighted by Crippen LogP contribution is 2.38. The van der Waals surface area contributed by atoms with E-state index in [9.17, 15) is 70.2 Å². The monoisotopic (exact) mass is 860 g/mol. The third-order valence-electron chi connectivity index (χ3n) is 10.6. The Morgan fingerprint density at radius 3 is 2.44 bits per heavy atom. The number of phenolic OH excluding ortho intramolecular Hbond substituents is 2. The highest BCUT2D eigenvalue weighted by atomic mass is 16.8. The van der Waals surface area contributed by atoms with Crippen LogP contribution >= 0.6 is 0 Å². The lowest BCUT2D eigenvalue weighted by molar-refractivity contribution is -0.840. The predicted molar refractivity (Wildman–Crippen MR) is 198 cm³/mol. The first-order chi connectivity index (χ1) is 28.9. The molecule has 1 unspecified atom stereocenters. The van der Waals surface area contributed by atoms with Gasteiger partial charge in [0.1, 0.15) is 67.0 Å². The number of phenols is 2. The molecule has 0 aromatic heterocycles. The zero-order chi connectivity index (χ0) is 44.3. The molecule has 22 nitrogen and oxygen atoms in total. The molecular formula is C39H44N2O20. The van der Waals surface area contributed by atoms with Crippen molar-refractivity contribution in [2.45, 2.75) is 73.6 Å². The first kappa shape index (κ1) is 44.7. The lowest BCUT2D eigenvalue weighted by atomic mass is 9.98. The van der Waals surface area contributed by atoms with E-state index in [0.717, 1.165) is 6.08 Å². The summed E-state index contributed by atoms with van der Waals surface area (Å²) in [5.74, 6) is -5.95. The van der Waals surface area contributed by atoms with Crippen LogP contribution in [0.2, 0.25) is 0 Å². The Balaban J connectivity index is 1.16. The number of aromatic hydroxyl groups is 2. The number of quaternary nitrogens is 1. The van der Waals surface area contributed by atoms with E-state index in [2.05, 4.69) is 5.32 Å². The van der Waals surface area contributed by atoms with Gasteiger partial charge in [-0.05, 0) is 47.6 Å². The average molecular weight is 861 g/mol. The van der Waals surface area contributed by atoms with E-state index in [1.807, 2.05) is 0 Å². The van der Waals surface area contributed by atoms with Gasteiger partial charge in [0.2, 0.25) is 6.29 Å². The van der Waals surface area contributed by atoms with Gasteiger partial charge < -0.3 is 89.6 Å². The molecule has 61 heavy (non-hydrogen) atoms. The molecule has 0 radical (unpaired) electrons. The Kier molecular flexibility index (Phi) is 13.5. The Morgan fingerprint density at radius 1 is 1.02 bits per heavy atom. The summed E-state index contributed by atoms with van der Waals surface area (Å²) < 4.78 is 32.9. The van der Waals surface area contributed by atoms with E-state index in [4.69, 9.17) is 28.4 Å². The maximum atomic E-state index is 12.5. The van der Waals surface area contributed by atoms with Crippen LogP contribution in [-0.4, -0.2) is 164 Å². The number of aliphatic hydroxyl groups excluding tert-OH is 4. The predicted octanol–water partition coefficient (Wildman–Crippen LogP) is -4.45. The molecule has 6 rings (SSSR count). The summed E-state index contributed by atoms with van der Waals surface area (Å²) in [4.78, 5) is 48.2. The Bertz CT molecular complexity index is 2110. The normalized spacial score (nSPS) is 31.6. The number of benzene rings is 2. The van der Waals surface area contributed by atoms with Crippen molar-refractivity contribution in [1.29, 1.82) is 0 Å². The number of carbonyl (C=O) groups is 4. The van der Waals surface area contributed by atoms with Crippen molar-refractivity contribution < 1.29 is 104 Å². The minimum atomic E-state index is -2.24. The van der Waals surface area contributed by atoms with E-state index < -0.39 is 110 Å². The summed E-state index contributed by atoms with van der Waals surface area (Å²) >= 11 is 0. The molecule has 2 saturated heterocycles. The Hall–Kier alpha value is -5.82. The zero-order valence-corrected chi connectivity index (χ0v) is 32.2. The fourth-order valence-electron chi connectivity index (χ4n) is 7.28. The fourth-order valence-corrected chi connectivity index (χ4v) is 7.28. The number of esters is 1. The quantitative estimate of drug-likeness (QED) is 0.0594. The van der Waals surface area contributed by atoms with Crippen molar-refractivity contribution in [3.8, 4) is 23.0 Å². The molecule has 4 aliphatic heterocycles. The molecule has 330 valence electrons. The van der Waals surface area contributed by atoms with Gasteiger partial charge in [0.05, 0.1) is 20.3 Å². The van der Waals surface area contributed by atoms with Crippen LogP contribution in [0.15, 0.2) is 59.8 Å². The molecule has 4 aliphatic rings. The topological polar surface area (TPSA) is 345 Å². The SMILES string of the molecule is COc1cc(C=CC(=O)OC[C@@]2(O)CO[C@@H](O[C@H]3[C@H](Oc4cc5c(cc4O)[NH+](CC=C4C=C(C(=O)O)N[C@@H](C(=O)O)C4)[C@H](C(=O)[O-])C5)O[C@H](CO)[C@@H](O)[C@@H]3O)[C@@H]2O)ccc1O. The molecular weight excluding hydrogens is 816 g/mol. The van der Waals surface area contributed by atoms with E-state index in [1.54, 1.807) is 0 Å². The number of allylic oxidation sites excluding steroid dienone is 1. The Labute approximate surface area is 345 Å². The number of rotatable bonds is 15. The third kappa shape index (κ3) is 9.72. The molecule has 11 atom stereocenters. The van der Waals surface area contributed by atoms with Gasteiger partial charge in [-0.25, -0.2) is 14.4 Å². The van der Waals surface area contributed by atoms with Crippen LogP contribution in [0.3, 0.4) is 0 Å². The molecule has 0 saturated carbocycles. The maximum Gasteiger partial charge on any atom is 0.351 e. The summed E-state index contributed by atoms with van der Waals surface area (Å²) in [6.45, 7) is -2.35. The van der Waals surface area contributed by atoms with Gasteiger partial charge >= 0.3 is 17.9 Å². The van der Waals surface area contributed by atoms with Crippen LogP contribution in [0, 0.1) is 0 Å². The molecule has 0 bridgehead atoms. The number of ether oxygens (including phenoxy) is 6. The van der Waals surface area contributed by atoms with Gasteiger partial charge in [0, 0.05) is 30.5 Å². The molecule has 0 amide bonds. The van der Waals surface area contributed by atoms with Crippen LogP contribution in [0.5, 0.6) is 23.0 Å². The fraction of sp³-hybridized carbons (Fsp3) is 0.436. The van der Waals surface area contributed by atoms with Gasteiger partial charge in [-0.3, -0.25) is 4.90 Å². The van der Waals surface area contributed by atoms with Crippen LogP contribution < -0.4 is 24.8 Å². The number of fused-ring (bicyclic) bond motifs is 1. The van der Waals surface area contributed by atoms with Gasteiger partial charge in [-0.15, -0.1) is 0 Å². The van der Waals surface area contributed by atoms with Crippen molar-refractivity contribution in [2.75, 3.05) is 33.5 Å². The number of nitrogens with one attached hydrogen (secondary N) is 2. The number of hydrogen-bond acceptors (Lipinski definition) is 19. The van der Waals surface area contributed by atoms with E-state index in [0.29, 0.717) is 16.7 Å². The molecule has 4 heterocycles. The van der Waals surface area contributed by atoms with Gasteiger partial charge in [0.25, 0.3) is 0 Å². The second-order valence-electron chi connectivity index (χ2n) is 14.7. The molecule has 11 N–H and O–H groups in total. The first-order valence-electron chi connectivity index (χ1n) is 18.7. The van der Waals surface area contributed by atoms with E-state index in [1.165, 1.54) is 55.7 Å². The van der Waals surface area contributed by atoms with Crippen molar-refractivity contribution in [1.82, 2.24) is 5.32 Å². The van der Waals surface area contributed by atoms with E-state index >= 15 is 0 Å². The summed E-state index contributed by atoms with van der Waals surface area (Å²) in [5.41, 5.74) is -1.21. The molecule has 2 aromatic carbocycles. The maximum absolute atomic E-state index is 12.5. The summed E-state index contributed by atoms with van der Waals surface area (Å²) in [6.07, 6.45) is -7.53. The number of carboxylic acid groups (broad SMARTS) is 3. The largest absolute Gasteiger partial charge is 0.544 e. The van der Waals surface area contributed by atoms with Crippen molar-refractivity contribution in [2.24, 2.45) is 0 Å². The van der Waals surface area contributed by atoms with Gasteiger partial charge in [-0.2, -0.15) is 0 Å². The van der Waals surface area contributed by atoms with Crippen LogP contribution in [0.1, 0.15) is 17.5 Å². The van der Waals surface area contributed by atoms with Crippen LogP contribution in [0.25, 0.3) is 6.08 Å². The number of carbonyl (C=O) groups excluding carboxylic acids is 2. The summed E-state index contributed by atoms with van der Waals surface area (Å²) in [6, 6.07) is 4.29. The Morgan fingerprint density at radius 2 is 1.77 bits per heavy atom. The first-order valence-corrected chi connectivity index (χ1v) is 18.7. The molecule has 22 heteroatoms. The summed E-state index contributed by atoms with van der Waals surface area (Å²) in [5, 5.41) is 108. The minimum absolute atomic E-state index is 0.0955. The second kappa shape index (κ2) is 18.4. The molecule has 2 aromatic rings.